The second kappa shape index (κ2) is 12.3. The maximum Gasteiger partial charge on any atom is 0.338 e. The zero-order valence-electron chi connectivity index (χ0n) is 25.0. The van der Waals surface area contributed by atoms with Crippen molar-refractivity contribution in [2.45, 2.75) is 33.4 Å². The van der Waals surface area contributed by atoms with Gasteiger partial charge in [-0.25, -0.2) is 9.79 Å². The minimum Gasteiger partial charge on any atom is -0.493 e. The van der Waals surface area contributed by atoms with Gasteiger partial charge in [0.25, 0.3) is 5.56 Å². The molecule has 0 unspecified atom stereocenters. The average Bonchev–Trinajstić information content (AvgIpc) is 3.33. The molecule has 1 aromatic heterocycles. The van der Waals surface area contributed by atoms with Gasteiger partial charge in [0.15, 0.2) is 16.3 Å². The molecule has 0 amide bonds. The Bertz CT molecular complexity index is 2090. The zero-order chi connectivity index (χ0) is 30.8. The van der Waals surface area contributed by atoms with Gasteiger partial charge in [-0.1, -0.05) is 83.6 Å². The number of aryl methyl sites for hydroxylation is 1. The molecule has 0 spiro atoms. The van der Waals surface area contributed by atoms with Gasteiger partial charge in [0, 0.05) is 0 Å². The van der Waals surface area contributed by atoms with E-state index in [0.717, 1.165) is 27.6 Å². The highest BCUT2D eigenvalue weighted by Gasteiger charge is 2.33. The predicted octanol–water partition coefficient (Wildman–Crippen LogP) is 5.85. The highest BCUT2D eigenvalue weighted by molar-refractivity contribution is 7.07. The fraction of sp³-hybridized carbons (Fsp3) is 0.194. The molecule has 222 valence electrons. The maximum atomic E-state index is 13.9. The molecule has 7 nitrogen and oxygen atoms in total. The van der Waals surface area contributed by atoms with Crippen molar-refractivity contribution in [3.05, 3.63) is 138 Å². The second-order valence-corrected chi connectivity index (χ2v) is 11.6. The van der Waals surface area contributed by atoms with Crippen LogP contribution < -0.4 is 24.4 Å². The van der Waals surface area contributed by atoms with Crippen molar-refractivity contribution in [3.8, 4) is 11.5 Å². The first kappa shape index (κ1) is 29.1. The fourth-order valence-electron chi connectivity index (χ4n) is 5.39. The van der Waals surface area contributed by atoms with Crippen molar-refractivity contribution in [2.75, 3.05) is 13.7 Å². The summed E-state index contributed by atoms with van der Waals surface area (Å²) in [4.78, 5) is 32.2. The Morgan fingerprint density at radius 2 is 1.73 bits per heavy atom. The van der Waals surface area contributed by atoms with Crippen LogP contribution in [-0.4, -0.2) is 24.3 Å². The molecule has 0 bridgehead atoms. The van der Waals surface area contributed by atoms with Crippen LogP contribution >= 0.6 is 11.3 Å². The van der Waals surface area contributed by atoms with E-state index in [9.17, 15) is 9.59 Å². The van der Waals surface area contributed by atoms with Gasteiger partial charge < -0.3 is 14.2 Å². The number of fused-ring (bicyclic) bond motifs is 2. The maximum absolute atomic E-state index is 13.9. The van der Waals surface area contributed by atoms with Gasteiger partial charge >= 0.3 is 5.97 Å². The number of carbonyl (C=O) groups excluding carboxylic acids is 1. The summed E-state index contributed by atoms with van der Waals surface area (Å²) in [7, 11) is 1.59. The van der Waals surface area contributed by atoms with Crippen LogP contribution in [0.5, 0.6) is 11.5 Å². The Morgan fingerprint density at radius 3 is 2.48 bits per heavy atom. The normalized spacial score (nSPS) is 14.7. The number of carbonyl (C=O) groups is 1. The number of rotatable bonds is 8. The van der Waals surface area contributed by atoms with Crippen molar-refractivity contribution < 1.29 is 19.0 Å². The number of thiazole rings is 1. The Kier molecular flexibility index (Phi) is 8.17. The minimum absolute atomic E-state index is 0.227. The Labute approximate surface area is 259 Å². The van der Waals surface area contributed by atoms with Gasteiger partial charge in [0.2, 0.25) is 0 Å². The van der Waals surface area contributed by atoms with Crippen molar-refractivity contribution in [2.24, 2.45) is 4.99 Å². The summed E-state index contributed by atoms with van der Waals surface area (Å²) in [5.41, 5.74) is 4.40. The second-order valence-electron chi connectivity index (χ2n) is 10.6. The Balaban J connectivity index is 1.34. The van der Waals surface area contributed by atoms with Crippen LogP contribution in [-0.2, 0) is 16.1 Å². The third-order valence-corrected chi connectivity index (χ3v) is 8.59. The van der Waals surface area contributed by atoms with Crippen molar-refractivity contribution in [1.29, 1.82) is 0 Å². The molecule has 2 heterocycles. The number of aromatic nitrogens is 1. The zero-order valence-corrected chi connectivity index (χ0v) is 25.8. The highest BCUT2D eigenvalue weighted by Crippen LogP contribution is 2.32. The molecule has 0 radical (unpaired) electrons. The van der Waals surface area contributed by atoms with Crippen LogP contribution in [0.1, 0.15) is 42.1 Å². The van der Waals surface area contributed by atoms with Gasteiger partial charge in [-0.3, -0.25) is 9.36 Å². The molecule has 0 aliphatic carbocycles. The van der Waals surface area contributed by atoms with E-state index in [4.69, 9.17) is 14.2 Å². The van der Waals surface area contributed by atoms with Gasteiger partial charge in [-0.2, -0.15) is 0 Å². The number of hydrogen-bond acceptors (Lipinski definition) is 7. The minimum atomic E-state index is -0.645. The fourth-order valence-corrected chi connectivity index (χ4v) is 6.44. The predicted molar refractivity (Wildman–Crippen MR) is 173 cm³/mol. The highest BCUT2D eigenvalue weighted by atomic mass is 32.1. The summed E-state index contributed by atoms with van der Waals surface area (Å²) in [5.74, 6) is 0.691. The lowest BCUT2D eigenvalue weighted by Gasteiger charge is -2.24. The van der Waals surface area contributed by atoms with Crippen molar-refractivity contribution >= 4 is 34.2 Å². The number of nitrogens with zero attached hydrogens (tertiary/aromatic N) is 2. The number of benzene rings is 4. The molecule has 0 saturated heterocycles. The summed E-state index contributed by atoms with van der Waals surface area (Å²) in [6.45, 7) is 6.16. The molecule has 6 rings (SSSR count). The van der Waals surface area contributed by atoms with E-state index in [2.05, 4.69) is 35.3 Å². The largest absolute Gasteiger partial charge is 0.493 e. The first-order valence-corrected chi connectivity index (χ1v) is 15.2. The molecule has 1 atom stereocenters. The molecule has 0 N–H and O–H groups in total. The van der Waals surface area contributed by atoms with Crippen molar-refractivity contribution in [1.82, 2.24) is 4.57 Å². The van der Waals surface area contributed by atoms with E-state index in [1.54, 1.807) is 25.5 Å². The molecule has 1 aliphatic rings. The van der Waals surface area contributed by atoms with E-state index in [0.29, 0.717) is 38.7 Å². The lowest BCUT2D eigenvalue weighted by molar-refractivity contribution is -0.139. The summed E-state index contributed by atoms with van der Waals surface area (Å²) in [5, 5.41) is 2.34. The standard InChI is InChI=1S/C36H32N2O5S/c1-5-42-35(40)32-23(3)37-36-38(33(32)27-14-10-22(2)11-15-27)34(39)31(44-36)20-24-13-17-29(30(19-24)41-4)43-21-25-12-16-26-8-6-7-9-28(26)18-25/h6-20,33H,5,21H2,1-4H3/b31-20+/t33-/m1/s1. The number of methoxy groups -OCH3 is 1. The number of ether oxygens (including phenoxy) is 3. The van der Waals surface area contributed by atoms with E-state index in [1.807, 2.05) is 67.6 Å². The molecule has 4 aromatic carbocycles. The van der Waals surface area contributed by atoms with Crippen LogP contribution in [0.2, 0.25) is 0 Å². The molecular formula is C36H32N2O5S. The summed E-state index contributed by atoms with van der Waals surface area (Å²) in [6.07, 6.45) is 1.81. The molecule has 0 fully saturated rings. The summed E-state index contributed by atoms with van der Waals surface area (Å²) in [6, 6.07) is 27.3. The van der Waals surface area contributed by atoms with E-state index in [-0.39, 0.29) is 12.2 Å². The smallest absolute Gasteiger partial charge is 0.338 e. The quantitative estimate of drug-likeness (QED) is 0.208. The van der Waals surface area contributed by atoms with Crippen LogP contribution in [0.3, 0.4) is 0 Å². The lowest BCUT2D eigenvalue weighted by Crippen LogP contribution is -2.39. The van der Waals surface area contributed by atoms with Crippen LogP contribution in [0.15, 0.2) is 106 Å². The third-order valence-electron chi connectivity index (χ3n) is 7.60. The third kappa shape index (κ3) is 5.68. The topological polar surface area (TPSA) is 79.1 Å². The first-order valence-electron chi connectivity index (χ1n) is 14.4. The van der Waals surface area contributed by atoms with Crippen LogP contribution in [0.25, 0.3) is 16.8 Å². The van der Waals surface area contributed by atoms with Gasteiger partial charge in [-0.15, -0.1) is 0 Å². The summed E-state index contributed by atoms with van der Waals surface area (Å²) >= 11 is 1.29. The van der Waals surface area contributed by atoms with E-state index < -0.39 is 12.0 Å². The molecule has 5 aromatic rings. The molecule has 44 heavy (non-hydrogen) atoms. The number of allylic oxidation sites excluding steroid dienone is 1. The Morgan fingerprint density at radius 1 is 0.955 bits per heavy atom. The monoisotopic (exact) mass is 604 g/mol. The average molecular weight is 605 g/mol. The van der Waals surface area contributed by atoms with Gasteiger partial charge in [0.1, 0.15) is 6.61 Å². The molecular weight excluding hydrogens is 572 g/mol. The number of hydrogen-bond donors (Lipinski definition) is 0. The SMILES string of the molecule is CCOC(=O)C1=C(C)N=c2s/c(=C/c3ccc(OCc4ccc5ccccc5c4)c(OC)c3)c(=O)n2[C@@H]1c1ccc(C)cc1. The van der Waals surface area contributed by atoms with Crippen LogP contribution in [0, 0.1) is 6.92 Å². The molecule has 8 heteroatoms. The Hall–Kier alpha value is -4.95. The first-order chi connectivity index (χ1) is 21.4. The van der Waals surface area contributed by atoms with Gasteiger partial charge in [-0.05, 0) is 72.5 Å². The lowest BCUT2D eigenvalue weighted by atomic mass is 9.95. The summed E-state index contributed by atoms with van der Waals surface area (Å²) < 4.78 is 19.3. The van der Waals surface area contributed by atoms with E-state index >= 15 is 0 Å². The molecule has 1 aliphatic heterocycles. The van der Waals surface area contributed by atoms with Crippen molar-refractivity contribution in [3.63, 3.8) is 0 Å². The molecule has 0 saturated carbocycles. The number of esters is 1. The van der Waals surface area contributed by atoms with Gasteiger partial charge in [0.05, 0.1) is 35.6 Å². The van der Waals surface area contributed by atoms with Crippen LogP contribution in [0.4, 0.5) is 0 Å². The van der Waals surface area contributed by atoms with E-state index in [1.165, 1.54) is 16.7 Å².